The van der Waals surface area contributed by atoms with Gasteiger partial charge in [-0.2, -0.15) is 0 Å². The van der Waals surface area contributed by atoms with E-state index >= 15 is 0 Å². The molecule has 0 aliphatic heterocycles. The van der Waals surface area contributed by atoms with E-state index < -0.39 is 22.2 Å². The van der Waals surface area contributed by atoms with Gasteiger partial charge >= 0.3 is 0 Å². The van der Waals surface area contributed by atoms with Gasteiger partial charge in [0.25, 0.3) is 22.2 Å². The second-order valence-electron chi connectivity index (χ2n) is 6.87. The van der Waals surface area contributed by atoms with E-state index in [0.29, 0.717) is 0 Å². The Bertz CT molecular complexity index is 1460. The van der Waals surface area contributed by atoms with Gasteiger partial charge in [-0.1, -0.05) is 0 Å². The van der Waals surface area contributed by atoms with Crippen LogP contribution in [-0.4, -0.2) is 19.3 Å². The predicted molar refractivity (Wildman–Crippen MR) is 111 cm³/mol. The molecule has 8 nitrogen and oxygen atoms in total. The zero-order valence-electron chi connectivity index (χ0n) is 15.2. The van der Waals surface area contributed by atoms with E-state index in [1.54, 1.807) is 0 Å². The van der Waals surface area contributed by atoms with Gasteiger partial charge in [0.2, 0.25) is 0 Å². The van der Waals surface area contributed by atoms with Crippen LogP contribution in [0.15, 0.2) is 79.8 Å². The molecule has 8 heteroatoms. The van der Waals surface area contributed by atoms with Crippen LogP contribution >= 0.6 is 0 Å². The Hall–Kier alpha value is -4.46. The minimum Gasteiger partial charge on any atom is -0.508 e. The number of rotatable bonds is 2. The van der Waals surface area contributed by atoms with E-state index in [-0.39, 0.29) is 44.4 Å². The molecule has 3 aromatic carbocycles. The van der Waals surface area contributed by atoms with Crippen molar-refractivity contribution in [2.75, 3.05) is 0 Å². The van der Waals surface area contributed by atoms with Crippen LogP contribution in [0.1, 0.15) is 0 Å². The number of hydrogen-bond donors (Lipinski definition) is 2. The summed E-state index contributed by atoms with van der Waals surface area (Å²) < 4.78 is 1.87. The van der Waals surface area contributed by atoms with Gasteiger partial charge in [-0.15, -0.1) is 0 Å². The van der Waals surface area contributed by atoms with Crippen molar-refractivity contribution in [3.05, 3.63) is 102 Å². The molecule has 0 bridgehead atoms. The van der Waals surface area contributed by atoms with Gasteiger partial charge in [-0.3, -0.25) is 19.2 Å². The number of hydrogen-bond acceptors (Lipinski definition) is 6. The molecule has 5 rings (SSSR count). The lowest BCUT2D eigenvalue weighted by atomic mass is 10.1. The third-order valence-electron chi connectivity index (χ3n) is 5.11. The number of benzene rings is 3. The lowest BCUT2D eigenvalue weighted by Crippen LogP contribution is -2.24. The Morgan fingerprint density at radius 1 is 0.467 bits per heavy atom. The maximum Gasteiger partial charge on any atom is 0.266 e. The fourth-order valence-corrected chi connectivity index (χ4v) is 3.65. The molecule has 2 N–H and O–H groups in total. The maximum atomic E-state index is 12.9. The van der Waals surface area contributed by atoms with Crippen molar-refractivity contribution in [1.29, 1.82) is 0 Å². The number of phenolic OH excluding ortho intramolecular Hbond substituents is 2. The van der Waals surface area contributed by atoms with Crippen LogP contribution < -0.4 is 22.2 Å². The largest absolute Gasteiger partial charge is 0.508 e. The lowest BCUT2D eigenvalue weighted by Gasteiger charge is -2.00. The van der Waals surface area contributed by atoms with Crippen molar-refractivity contribution < 1.29 is 10.2 Å². The quantitative estimate of drug-likeness (QED) is 0.461. The molecule has 0 unspecified atom stereocenters. The van der Waals surface area contributed by atoms with E-state index in [2.05, 4.69) is 0 Å². The van der Waals surface area contributed by atoms with E-state index in [1.807, 2.05) is 0 Å². The fourth-order valence-electron chi connectivity index (χ4n) is 3.65. The van der Waals surface area contributed by atoms with Crippen LogP contribution in [-0.2, 0) is 0 Å². The van der Waals surface area contributed by atoms with Gasteiger partial charge in [0.05, 0.1) is 32.9 Å². The summed E-state index contributed by atoms with van der Waals surface area (Å²) in [4.78, 5) is 51.5. The van der Waals surface area contributed by atoms with Crippen molar-refractivity contribution in [2.24, 2.45) is 0 Å². The fraction of sp³-hybridized carbons (Fsp3) is 0. The highest BCUT2D eigenvalue weighted by Crippen LogP contribution is 2.19. The van der Waals surface area contributed by atoms with Crippen LogP contribution in [0.4, 0.5) is 0 Å². The van der Waals surface area contributed by atoms with E-state index in [0.717, 1.165) is 9.13 Å². The second kappa shape index (κ2) is 6.02. The highest BCUT2D eigenvalue weighted by atomic mass is 16.3. The Morgan fingerprint density at radius 3 is 1.00 bits per heavy atom. The molecular formula is C22H12N2O6. The Labute approximate surface area is 166 Å². The van der Waals surface area contributed by atoms with Crippen LogP contribution in [0.3, 0.4) is 0 Å². The minimum absolute atomic E-state index is 0.0140. The monoisotopic (exact) mass is 400 g/mol. The summed E-state index contributed by atoms with van der Waals surface area (Å²) in [5, 5.41) is 19.0. The zero-order valence-corrected chi connectivity index (χ0v) is 15.2. The van der Waals surface area contributed by atoms with Gasteiger partial charge in [0.15, 0.2) is 0 Å². The molecule has 30 heavy (non-hydrogen) atoms. The summed E-state index contributed by atoms with van der Waals surface area (Å²) in [7, 11) is 0. The van der Waals surface area contributed by atoms with Crippen LogP contribution in [0.2, 0.25) is 0 Å². The molecule has 0 amide bonds. The van der Waals surface area contributed by atoms with Crippen LogP contribution in [0, 0.1) is 0 Å². The molecule has 0 atom stereocenters. The molecular weight excluding hydrogens is 388 g/mol. The van der Waals surface area contributed by atoms with Crippen LogP contribution in [0.5, 0.6) is 11.5 Å². The topological polar surface area (TPSA) is 119 Å². The predicted octanol–water partition coefficient (Wildman–Crippen LogP) is 1.30. The summed E-state index contributed by atoms with van der Waals surface area (Å²) >= 11 is 0. The molecule has 5 aromatic rings. The third-order valence-corrected chi connectivity index (χ3v) is 5.11. The SMILES string of the molecule is O=c1c2cc3c(=O)n(-c4ccc(O)cc4)c(=O)c3cc2c(=O)n1-c1ccc(O)cc1. The first-order chi connectivity index (χ1) is 14.4. The smallest absolute Gasteiger partial charge is 0.266 e. The lowest BCUT2D eigenvalue weighted by molar-refractivity contribution is 0.474. The first-order valence-corrected chi connectivity index (χ1v) is 8.90. The number of aromatic hydroxyl groups is 2. The van der Waals surface area contributed by atoms with Crippen LogP contribution in [0.25, 0.3) is 32.9 Å². The van der Waals surface area contributed by atoms with E-state index in [9.17, 15) is 29.4 Å². The molecule has 2 aromatic heterocycles. The Kier molecular flexibility index (Phi) is 3.54. The maximum absolute atomic E-state index is 12.9. The zero-order chi connectivity index (χ0) is 21.2. The number of phenols is 2. The van der Waals surface area contributed by atoms with Crippen molar-refractivity contribution in [3.8, 4) is 22.9 Å². The summed E-state index contributed by atoms with van der Waals surface area (Å²) in [6.07, 6.45) is 0. The molecule has 0 fully saturated rings. The Balaban J connectivity index is 1.83. The molecule has 0 aliphatic carbocycles. The van der Waals surface area contributed by atoms with Crippen molar-refractivity contribution >= 4 is 21.5 Å². The first kappa shape index (κ1) is 17.6. The van der Waals surface area contributed by atoms with Crippen molar-refractivity contribution in [3.63, 3.8) is 0 Å². The highest BCUT2D eigenvalue weighted by molar-refractivity contribution is 5.98. The first-order valence-electron chi connectivity index (χ1n) is 8.90. The van der Waals surface area contributed by atoms with Crippen molar-refractivity contribution in [2.45, 2.75) is 0 Å². The van der Waals surface area contributed by atoms with E-state index in [1.165, 1.54) is 60.7 Å². The van der Waals surface area contributed by atoms with Crippen molar-refractivity contribution in [1.82, 2.24) is 9.13 Å². The Morgan fingerprint density at radius 2 is 0.733 bits per heavy atom. The average molecular weight is 400 g/mol. The molecule has 0 spiro atoms. The second-order valence-corrected chi connectivity index (χ2v) is 6.87. The standard InChI is InChI=1S/C22H12N2O6/c25-13-5-1-11(2-6-13)23-19(27)15-9-17-18(10-16(15)20(23)28)22(30)24(21(17)29)12-3-7-14(26)8-4-12/h1-10,25-26H. The van der Waals surface area contributed by atoms with Gasteiger partial charge in [0.1, 0.15) is 11.5 Å². The number of aromatic nitrogens is 2. The van der Waals surface area contributed by atoms with Gasteiger partial charge in [0, 0.05) is 0 Å². The summed E-state index contributed by atoms with van der Waals surface area (Å²) in [6, 6.07) is 13.6. The van der Waals surface area contributed by atoms with Gasteiger partial charge in [-0.05, 0) is 60.7 Å². The number of fused-ring (bicyclic) bond motifs is 2. The minimum atomic E-state index is -0.619. The van der Waals surface area contributed by atoms with Gasteiger partial charge < -0.3 is 10.2 Å². The molecule has 0 saturated carbocycles. The van der Waals surface area contributed by atoms with Gasteiger partial charge in [-0.25, -0.2) is 9.13 Å². The highest BCUT2D eigenvalue weighted by Gasteiger charge is 2.20. The number of nitrogens with zero attached hydrogens (tertiary/aromatic N) is 2. The summed E-state index contributed by atoms with van der Waals surface area (Å²) in [5.41, 5.74) is -1.94. The molecule has 2 heterocycles. The molecule has 0 aliphatic rings. The summed E-state index contributed by atoms with van der Waals surface area (Å²) in [5.74, 6) is -0.0281. The molecule has 0 radical (unpaired) electrons. The normalized spacial score (nSPS) is 11.5. The third kappa shape index (κ3) is 2.34. The molecule has 0 saturated heterocycles. The van der Waals surface area contributed by atoms with E-state index in [4.69, 9.17) is 0 Å². The summed E-state index contributed by atoms with van der Waals surface area (Å²) in [6.45, 7) is 0. The molecule has 146 valence electrons. The average Bonchev–Trinajstić information content (AvgIpc) is 3.13.